The summed E-state index contributed by atoms with van der Waals surface area (Å²) in [7, 11) is 0. The van der Waals surface area contributed by atoms with Crippen molar-refractivity contribution in [3.8, 4) is 0 Å². The van der Waals surface area contributed by atoms with Crippen molar-refractivity contribution in [3.63, 3.8) is 0 Å². The Labute approximate surface area is 166 Å². The van der Waals surface area contributed by atoms with E-state index in [1.165, 1.54) is 35.4 Å². The molecule has 150 valence electrons. The highest BCUT2D eigenvalue weighted by atomic mass is 16.6. The number of aliphatic hydroxyl groups excluding tert-OH is 1. The highest BCUT2D eigenvalue weighted by Gasteiger charge is 2.50. The predicted molar refractivity (Wildman–Crippen MR) is 103 cm³/mol. The maximum atomic E-state index is 12.9. The van der Waals surface area contributed by atoms with Crippen LogP contribution in [0.25, 0.3) is 5.76 Å². The van der Waals surface area contributed by atoms with Gasteiger partial charge in [0, 0.05) is 23.7 Å². The number of likely N-dealkylation sites (tertiary alicyclic amines) is 1. The Morgan fingerprint density at radius 3 is 2.55 bits per heavy atom. The topological polar surface area (TPSA) is 114 Å². The summed E-state index contributed by atoms with van der Waals surface area (Å²) >= 11 is 0. The number of ketones is 1. The molecule has 0 bridgehead atoms. The van der Waals surface area contributed by atoms with Gasteiger partial charge in [-0.2, -0.15) is 0 Å². The van der Waals surface area contributed by atoms with Crippen LogP contribution in [-0.2, 0) is 9.59 Å². The third-order valence-corrected chi connectivity index (χ3v) is 5.59. The summed E-state index contributed by atoms with van der Waals surface area (Å²) in [5.74, 6) is -1.54. The highest BCUT2D eigenvalue weighted by molar-refractivity contribution is 6.46. The van der Waals surface area contributed by atoms with Crippen molar-refractivity contribution in [3.05, 3.63) is 69.7 Å². The van der Waals surface area contributed by atoms with Crippen LogP contribution in [0.5, 0.6) is 0 Å². The summed E-state index contributed by atoms with van der Waals surface area (Å²) < 4.78 is 5.51. The van der Waals surface area contributed by atoms with Gasteiger partial charge in [0.05, 0.1) is 16.8 Å². The van der Waals surface area contributed by atoms with Crippen LogP contribution in [-0.4, -0.2) is 32.7 Å². The number of rotatable bonds is 4. The lowest BCUT2D eigenvalue weighted by atomic mass is 9.92. The molecular formula is C21H20N2O6. The largest absolute Gasteiger partial charge is 0.507 e. The summed E-state index contributed by atoms with van der Waals surface area (Å²) in [6, 6.07) is 7.71. The molecule has 2 fully saturated rings. The summed E-state index contributed by atoms with van der Waals surface area (Å²) in [5.41, 5.74) is -0.210. The molecule has 1 saturated heterocycles. The molecule has 0 spiro atoms. The number of benzene rings is 1. The van der Waals surface area contributed by atoms with Crippen molar-refractivity contribution < 1.29 is 24.0 Å². The standard InChI is InChI=1S/C21H20N2O6/c24-19(13-6-4-9-15(12-13)23(27)28)17-18(16-10-5-11-29-16)22(21(26)20(17)25)14-7-2-1-3-8-14/h4-6,9-12,14,18,24H,1-3,7-8H2/b19-17-. The molecular weight excluding hydrogens is 376 g/mol. The van der Waals surface area contributed by atoms with Gasteiger partial charge in [-0.1, -0.05) is 31.4 Å². The molecule has 1 aliphatic carbocycles. The van der Waals surface area contributed by atoms with Gasteiger partial charge in [-0.3, -0.25) is 19.7 Å². The van der Waals surface area contributed by atoms with Gasteiger partial charge in [-0.05, 0) is 25.0 Å². The molecule has 1 N–H and O–H groups in total. The number of hydrogen-bond acceptors (Lipinski definition) is 6. The van der Waals surface area contributed by atoms with Crippen molar-refractivity contribution >= 4 is 23.1 Å². The average Bonchev–Trinajstić information content (AvgIpc) is 3.35. The van der Waals surface area contributed by atoms with E-state index in [-0.39, 0.29) is 22.9 Å². The van der Waals surface area contributed by atoms with Crippen LogP contribution in [0, 0.1) is 10.1 Å². The molecule has 4 rings (SSSR count). The quantitative estimate of drug-likeness (QED) is 0.275. The summed E-state index contributed by atoms with van der Waals surface area (Å²) in [6.45, 7) is 0. The smallest absolute Gasteiger partial charge is 0.296 e. The Morgan fingerprint density at radius 1 is 1.14 bits per heavy atom. The van der Waals surface area contributed by atoms with E-state index < -0.39 is 28.4 Å². The molecule has 2 aromatic rings. The second-order valence-corrected chi connectivity index (χ2v) is 7.32. The van der Waals surface area contributed by atoms with Crippen molar-refractivity contribution in [2.45, 2.75) is 44.2 Å². The van der Waals surface area contributed by atoms with E-state index in [4.69, 9.17) is 4.42 Å². The van der Waals surface area contributed by atoms with Gasteiger partial charge in [0.1, 0.15) is 17.6 Å². The fraction of sp³-hybridized carbons (Fsp3) is 0.333. The first-order valence-electron chi connectivity index (χ1n) is 9.57. The van der Waals surface area contributed by atoms with Gasteiger partial charge in [0.25, 0.3) is 17.4 Å². The second-order valence-electron chi connectivity index (χ2n) is 7.32. The molecule has 1 saturated carbocycles. The number of nitrogens with zero attached hydrogens (tertiary/aromatic N) is 2. The van der Waals surface area contributed by atoms with Gasteiger partial charge in [0.15, 0.2) is 0 Å². The van der Waals surface area contributed by atoms with Gasteiger partial charge in [0.2, 0.25) is 0 Å². The molecule has 1 aromatic heterocycles. The first-order valence-corrected chi connectivity index (χ1v) is 9.57. The number of Topliss-reactive ketones (excluding diaryl/α,β-unsaturated/α-hetero) is 1. The Morgan fingerprint density at radius 2 is 1.90 bits per heavy atom. The van der Waals surface area contributed by atoms with Crippen LogP contribution in [0.4, 0.5) is 5.69 Å². The SMILES string of the molecule is O=C1C(=O)N(C2CCCCC2)C(c2ccco2)/C1=C(/O)c1cccc([N+](=O)[O-])c1. The van der Waals surface area contributed by atoms with Crippen molar-refractivity contribution in [2.75, 3.05) is 0 Å². The minimum absolute atomic E-state index is 0.101. The van der Waals surface area contributed by atoms with Crippen LogP contribution < -0.4 is 0 Å². The van der Waals surface area contributed by atoms with Gasteiger partial charge in [-0.15, -0.1) is 0 Å². The Kier molecular flexibility index (Phi) is 4.92. The lowest BCUT2D eigenvalue weighted by Gasteiger charge is -2.34. The normalized spacial score (nSPS) is 22.2. The van der Waals surface area contributed by atoms with Crippen molar-refractivity contribution in [2.24, 2.45) is 0 Å². The van der Waals surface area contributed by atoms with Gasteiger partial charge < -0.3 is 14.4 Å². The summed E-state index contributed by atoms with van der Waals surface area (Å²) in [4.78, 5) is 37.8. The molecule has 8 heteroatoms. The number of nitro benzene ring substituents is 1. The lowest BCUT2D eigenvalue weighted by Crippen LogP contribution is -2.40. The zero-order valence-corrected chi connectivity index (χ0v) is 15.6. The molecule has 1 aliphatic heterocycles. The monoisotopic (exact) mass is 396 g/mol. The lowest BCUT2D eigenvalue weighted by molar-refractivity contribution is -0.384. The molecule has 1 aromatic carbocycles. The van der Waals surface area contributed by atoms with Crippen LogP contribution in [0.2, 0.25) is 0 Å². The first-order chi connectivity index (χ1) is 14.0. The minimum Gasteiger partial charge on any atom is -0.507 e. The van der Waals surface area contributed by atoms with E-state index in [0.29, 0.717) is 5.76 Å². The number of nitro groups is 1. The first kappa shape index (κ1) is 18.9. The number of hydrogen-bond donors (Lipinski definition) is 1. The van der Waals surface area contributed by atoms with Crippen LogP contribution in [0.3, 0.4) is 0 Å². The third-order valence-electron chi connectivity index (χ3n) is 5.59. The third kappa shape index (κ3) is 3.30. The fourth-order valence-electron chi connectivity index (χ4n) is 4.23. The number of carbonyl (C=O) groups excluding carboxylic acids is 2. The Balaban J connectivity index is 1.85. The number of aliphatic hydroxyl groups is 1. The molecule has 29 heavy (non-hydrogen) atoms. The molecule has 1 unspecified atom stereocenters. The van der Waals surface area contributed by atoms with E-state index in [0.717, 1.165) is 32.1 Å². The molecule has 0 radical (unpaired) electrons. The second kappa shape index (κ2) is 7.54. The minimum atomic E-state index is -0.854. The maximum absolute atomic E-state index is 12.9. The van der Waals surface area contributed by atoms with Gasteiger partial charge in [-0.25, -0.2) is 0 Å². The molecule has 8 nitrogen and oxygen atoms in total. The van der Waals surface area contributed by atoms with E-state index in [9.17, 15) is 24.8 Å². The average molecular weight is 396 g/mol. The summed E-state index contributed by atoms with van der Waals surface area (Å²) in [5, 5.41) is 22.0. The predicted octanol–water partition coefficient (Wildman–Crippen LogP) is 3.94. The summed E-state index contributed by atoms with van der Waals surface area (Å²) in [6.07, 6.45) is 6.01. The molecule has 2 heterocycles. The number of carbonyl (C=O) groups is 2. The van der Waals surface area contributed by atoms with Crippen molar-refractivity contribution in [1.29, 1.82) is 0 Å². The van der Waals surface area contributed by atoms with Crippen molar-refractivity contribution in [1.82, 2.24) is 4.90 Å². The number of furan rings is 1. The molecule has 2 aliphatic rings. The maximum Gasteiger partial charge on any atom is 0.296 e. The number of amides is 1. The van der Waals surface area contributed by atoms with Crippen LogP contribution in [0.1, 0.15) is 49.5 Å². The zero-order chi connectivity index (χ0) is 20.5. The number of non-ortho nitro benzene ring substituents is 1. The van der Waals surface area contributed by atoms with E-state index in [2.05, 4.69) is 0 Å². The fourth-order valence-corrected chi connectivity index (χ4v) is 4.23. The Bertz CT molecular complexity index is 988. The zero-order valence-electron chi connectivity index (χ0n) is 15.6. The van der Waals surface area contributed by atoms with Gasteiger partial charge >= 0.3 is 0 Å². The van der Waals surface area contributed by atoms with E-state index >= 15 is 0 Å². The molecule has 1 atom stereocenters. The Hall–Kier alpha value is -3.42. The van der Waals surface area contributed by atoms with Crippen LogP contribution >= 0.6 is 0 Å². The van der Waals surface area contributed by atoms with E-state index in [1.54, 1.807) is 12.1 Å². The van der Waals surface area contributed by atoms with E-state index in [1.807, 2.05) is 0 Å². The van der Waals surface area contributed by atoms with Crippen LogP contribution in [0.15, 0.2) is 52.7 Å². The highest BCUT2D eigenvalue weighted by Crippen LogP contribution is 2.43. The molecule has 1 amide bonds.